The number of hydrogen-bond donors (Lipinski definition) is 1. The minimum absolute atomic E-state index is 0.0402. The lowest BCUT2D eigenvalue weighted by Crippen LogP contribution is -2.35. The number of ether oxygens (including phenoxy) is 2. The van der Waals surface area contributed by atoms with Gasteiger partial charge in [-0.05, 0) is 54.1 Å². The van der Waals surface area contributed by atoms with Gasteiger partial charge in [-0.3, -0.25) is 10.2 Å². The molecule has 2 aliphatic rings. The Hall–Kier alpha value is -2.81. The highest BCUT2D eigenvalue weighted by Gasteiger charge is 2.35. The lowest BCUT2D eigenvalue weighted by atomic mass is 10.1. The zero-order chi connectivity index (χ0) is 22.7. The number of nitrogens with one attached hydrogen (secondary N) is 1. The number of fused-ring (bicyclic) bond motifs is 1. The summed E-state index contributed by atoms with van der Waals surface area (Å²) in [5.74, 6) is 0.520. The first-order valence-electron chi connectivity index (χ1n) is 9.75. The summed E-state index contributed by atoms with van der Waals surface area (Å²) in [6.07, 6.45) is 2.22. The van der Waals surface area contributed by atoms with E-state index in [1.54, 1.807) is 12.1 Å². The van der Waals surface area contributed by atoms with Crippen LogP contribution in [0.15, 0.2) is 58.1 Å². The molecule has 0 radical (unpaired) electrons. The summed E-state index contributed by atoms with van der Waals surface area (Å²) in [5, 5.41) is 15.8. The SMILES string of the molecule is CCC1=NN2C(=N)/C(=C/c3cc(Cl)c(OCCOc4ccccc4)c(Cl)c3)C(=O)N=C2S1. The van der Waals surface area contributed by atoms with Crippen molar-refractivity contribution in [3.05, 3.63) is 63.6 Å². The summed E-state index contributed by atoms with van der Waals surface area (Å²) in [4.78, 5) is 16.5. The Morgan fingerprint density at radius 1 is 1.12 bits per heavy atom. The lowest BCUT2D eigenvalue weighted by molar-refractivity contribution is -0.114. The topological polar surface area (TPSA) is 87.3 Å². The van der Waals surface area contributed by atoms with Gasteiger partial charge in [-0.15, -0.1) is 0 Å². The normalized spacial score (nSPS) is 16.7. The first-order valence-corrected chi connectivity index (χ1v) is 11.3. The Morgan fingerprint density at radius 2 is 1.81 bits per heavy atom. The number of carbonyl (C=O) groups is 1. The molecule has 2 aromatic carbocycles. The van der Waals surface area contributed by atoms with Crippen LogP contribution in [0.4, 0.5) is 0 Å². The second-order valence-electron chi connectivity index (χ2n) is 6.69. The average Bonchev–Trinajstić information content (AvgIpc) is 3.19. The van der Waals surface area contributed by atoms with E-state index in [0.29, 0.717) is 29.5 Å². The Bertz CT molecular complexity index is 1140. The molecule has 0 spiro atoms. The quantitative estimate of drug-likeness (QED) is 0.411. The number of amides is 1. The first kappa shape index (κ1) is 22.4. The van der Waals surface area contributed by atoms with Gasteiger partial charge in [-0.1, -0.05) is 48.3 Å². The molecule has 0 aromatic heterocycles. The molecule has 0 atom stereocenters. The Morgan fingerprint density at radius 3 is 2.50 bits per heavy atom. The van der Waals surface area contributed by atoms with E-state index in [2.05, 4.69) is 10.1 Å². The number of carbonyl (C=O) groups excluding carboxylic acids is 1. The molecule has 0 bridgehead atoms. The number of hydrazone groups is 1. The highest BCUT2D eigenvalue weighted by atomic mass is 35.5. The maximum Gasteiger partial charge on any atom is 0.283 e. The van der Waals surface area contributed by atoms with E-state index in [9.17, 15) is 4.79 Å². The number of amidine groups is 2. The number of halogens is 2. The van der Waals surface area contributed by atoms with Crippen molar-refractivity contribution in [1.29, 1.82) is 5.41 Å². The van der Waals surface area contributed by atoms with Crippen molar-refractivity contribution >= 4 is 63.0 Å². The molecule has 10 heteroatoms. The summed E-state index contributed by atoms with van der Waals surface area (Å²) in [7, 11) is 0. The van der Waals surface area contributed by atoms with E-state index >= 15 is 0 Å². The molecule has 1 amide bonds. The second kappa shape index (κ2) is 9.77. The number of aliphatic imine (C=N–C) groups is 1. The van der Waals surface area contributed by atoms with Crippen LogP contribution < -0.4 is 9.47 Å². The summed E-state index contributed by atoms with van der Waals surface area (Å²) in [6.45, 7) is 2.52. The minimum Gasteiger partial charge on any atom is -0.490 e. The highest BCUT2D eigenvalue weighted by Crippen LogP contribution is 2.36. The Kier molecular flexibility index (Phi) is 6.83. The van der Waals surface area contributed by atoms with Gasteiger partial charge in [0.15, 0.2) is 11.6 Å². The van der Waals surface area contributed by atoms with E-state index < -0.39 is 5.91 Å². The largest absolute Gasteiger partial charge is 0.490 e. The summed E-state index contributed by atoms with van der Waals surface area (Å²) >= 11 is 14.0. The molecular formula is C22H18Cl2N4O3S. The monoisotopic (exact) mass is 488 g/mol. The maximum atomic E-state index is 12.5. The molecule has 164 valence electrons. The fourth-order valence-electron chi connectivity index (χ4n) is 2.96. The molecule has 0 aliphatic carbocycles. The van der Waals surface area contributed by atoms with Gasteiger partial charge < -0.3 is 9.47 Å². The van der Waals surface area contributed by atoms with E-state index in [-0.39, 0.29) is 28.1 Å². The zero-order valence-electron chi connectivity index (χ0n) is 17.0. The standard InChI is InChI=1S/C22H18Cl2N4O3S/c1-2-18-27-28-20(25)15(21(29)26-22(28)32-18)10-13-11-16(23)19(17(24)12-13)31-9-8-30-14-6-4-3-5-7-14/h3-7,10-12,25H,2,8-9H2,1H3/b15-10-,25-20?. The van der Waals surface area contributed by atoms with Gasteiger partial charge in [-0.25, -0.2) is 0 Å². The van der Waals surface area contributed by atoms with Gasteiger partial charge >= 0.3 is 0 Å². The molecule has 0 unspecified atom stereocenters. The number of hydrogen-bond acceptors (Lipinski definition) is 6. The van der Waals surface area contributed by atoms with E-state index in [0.717, 1.165) is 10.8 Å². The van der Waals surface area contributed by atoms with Crippen molar-refractivity contribution in [1.82, 2.24) is 5.01 Å². The van der Waals surface area contributed by atoms with Crippen molar-refractivity contribution in [2.75, 3.05) is 13.2 Å². The van der Waals surface area contributed by atoms with Crippen molar-refractivity contribution in [3.63, 3.8) is 0 Å². The molecule has 32 heavy (non-hydrogen) atoms. The smallest absolute Gasteiger partial charge is 0.283 e. The van der Waals surface area contributed by atoms with Crippen LogP contribution in [0.5, 0.6) is 11.5 Å². The van der Waals surface area contributed by atoms with E-state index in [4.69, 9.17) is 38.1 Å². The number of rotatable bonds is 7. The van der Waals surface area contributed by atoms with Gasteiger partial charge in [0.05, 0.1) is 15.6 Å². The first-order chi connectivity index (χ1) is 15.5. The Balaban J connectivity index is 1.47. The average molecular weight is 489 g/mol. The fraction of sp³-hybridized carbons (Fsp3) is 0.182. The number of para-hydroxylation sites is 1. The van der Waals surface area contributed by atoms with Crippen molar-refractivity contribution < 1.29 is 14.3 Å². The van der Waals surface area contributed by atoms with Crippen LogP contribution in [0.1, 0.15) is 18.9 Å². The van der Waals surface area contributed by atoms with Gasteiger partial charge in [-0.2, -0.15) is 15.1 Å². The third-order valence-corrected chi connectivity index (χ3v) is 6.09. The second-order valence-corrected chi connectivity index (χ2v) is 8.55. The van der Waals surface area contributed by atoms with Gasteiger partial charge in [0.1, 0.15) is 24.0 Å². The molecule has 1 N–H and O–H groups in total. The van der Waals surface area contributed by atoms with Gasteiger partial charge in [0, 0.05) is 0 Å². The molecule has 2 aliphatic heterocycles. The third-order valence-electron chi connectivity index (χ3n) is 4.47. The van der Waals surface area contributed by atoms with Gasteiger partial charge in [0.25, 0.3) is 5.91 Å². The van der Waals surface area contributed by atoms with E-state index in [1.807, 2.05) is 37.3 Å². The fourth-order valence-corrected chi connectivity index (χ4v) is 4.40. The van der Waals surface area contributed by atoms with Crippen molar-refractivity contribution in [3.8, 4) is 11.5 Å². The predicted molar refractivity (Wildman–Crippen MR) is 129 cm³/mol. The van der Waals surface area contributed by atoms with Crippen LogP contribution in [0.25, 0.3) is 6.08 Å². The molecule has 2 aromatic rings. The summed E-state index contributed by atoms with van der Waals surface area (Å²) < 4.78 is 11.3. The molecular weight excluding hydrogens is 471 g/mol. The molecule has 0 saturated heterocycles. The van der Waals surface area contributed by atoms with Crippen LogP contribution in [0, 0.1) is 5.41 Å². The molecule has 7 nitrogen and oxygen atoms in total. The minimum atomic E-state index is -0.507. The maximum absolute atomic E-state index is 12.5. The van der Waals surface area contributed by atoms with Crippen LogP contribution in [0.3, 0.4) is 0 Å². The summed E-state index contributed by atoms with van der Waals surface area (Å²) in [5.41, 5.74) is 0.652. The number of benzene rings is 2. The van der Waals surface area contributed by atoms with Crippen molar-refractivity contribution in [2.24, 2.45) is 10.1 Å². The highest BCUT2D eigenvalue weighted by molar-refractivity contribution is 8.26. The molecule has 0 saturated carbocycles. The predicted octanol–water partition coefficient (Wildman–Crippen LogP) is 5.48. The van der Waals surface area contributed by atoms with E-state index in [1.165, 1.54) is 22.8 Å². The summed E-state index contributed by atoms with van der Waals surface area (Å²) in [6, 6.07) is 12.6. The molecule has 0 fully saturated rings. The van der Waals surface area contributed by atoms with Crippen LogP contribution in [-0.4, -0.2) is 40.2 Å². The third kappa shape index (κ3) is 4.82. The van der Waals surface area contributed by atoms with Gasteiger partial charge in [0.2, 0.25) is 5.17 Å². The molecule has 4 rings (SSSR count). The molecule has 2 heterocycles. The van der Waals surface area contributed by atoms with Crippen LogP contribution in [0.2, 0.25) is 10.0 Å². The zero-order valence-corrected chi connectivity index (χ0v) is 19.3. The number of nitrogens with zero attached hydrogens (tertiary/aromatic N) is 3. The Labute approximate surface area is 199 Å². The van der Waals surface area contributed by atoms with Crippen molar-refractivity contribution in [2.45, 2.75) is 13.3 Å². The van der Waals surface area contributed by atoms with Crippen LogP contribution >= 0.6 is 35.0 Å². The lowest BCUT2D eigenvalue weighted by Gasteiger charge is -2.20. The van der Waals surface area contributed by atoms with Crippen LogP contribution in [-0.2, 0) is 4.79 Å². The number of thioether (sulfide) groups is 1.